The van der Waals surface area contributed by atoms with Gasteiger partial charge in [-0.05, 0) is 24.8 Å². The van der Waals surface area contributed by atoms with E-state index in [0.29, 0.717) is 16.7 Å². The zero-order valence-corrected chi connectivity index (χ0v) is 11.6. The van der Waals surface area contributed by atoms with E-state index in [0.717, 1.165) is 11.3 Å². The standard InChI is InChI=1S/C12H15N3O2S/c1-8-5-10(16-2)11(17-3)6-9(8)15-12(18-4)14-7-13/h5-6H,1-4H3,(H,14,15). The molecule has 0 spiro atoms. The summed E-state index contributed by atoms with van der Waals surface area (Å²) in [5.41, 5.74) is 1.68. The Kier molecular flexibility index (Phi) is 5.33. The summed E-state index contributed by atoms with van der Waals surface area (Å²) in [6.07, 6.45) is 3.70. The third-order valence-corrected chi connectivity index (χ3v) is 2.86. The molecule has 1 aromatic carbocycles. The Bertz CT molecular complexity index is 495. The predicted octanol–water partition coefficient (Wildman–Crippen LogP) is 2.43. The van der Waals surface area contributed by atoms with E-state index in [-0.39, 0.29) is 0 Å². The van der Waals surface area contributed by atoms with Gasteiger partial charge >= 0.3 is 0 Å². The van der Waals surface area contributed by atoms with Gasteiger partial charge < -0.3 is 9.47 Å². The fourth-order valence-electron chi connectivity index (χ4n) is 1.37. The van der Waals surface area contributed by atoms with Crippen LogP contribution in [0, 0.1) is 18.4 Å². The van der Waals surface area contributed by atoms with Gasteiger partial charge in [-0.25, -0.2) is 4.99 Å². The molecule has 0 heterocycles. The normalized spacial score (nSPS) is 10.7. The lowest BCUT2D eigenvalue weighted by Crippen LogP contribution is -2.12. The number of nitrogens with zero attached hydrogens (tertiary/aromatic N) is 2. The Labute approximate surface area is 111 Å². The number of benzene rings is 1. The molecule has 18 heavy (non-hydrogen) atoms. The van der Waals surface area contributed by atoms with Crippen LogP contribution in [0.3, 0.4) is 0 Å². The van der Waals surface area contributed by atoms with Gasteiger partial charge in [0.05, 0.1) is 19.9 Å². The van der Waals surface area contributed by atoms with Crippen molar-refractivity contribution in [2.24, 2.45) is 4.99 Å². The summed E-state index contributed by atoms with van der Waals surface area (Å²) in [5.74, 6) is 1.27. The number of hydrogen-bond donors (Lipinski definition) is 1. The molecule has 1 N–H and O–H groups in total. The highest BCUT2D eigenvalue weighted by Gasteiger charge is 2.08. The lowest BCUT2D eigenvalue weighted by molar-refractivity contribution is 0.355. The summed E-state index contributed by atoms with van der Waals surface area (Å²) in [6.45, 7) is 1.92. The maximum Gasteiger partial charge on any atom is 0.183 e. The van der Waals surface area contributed by atoms with Crippen LogP contribution in [-0.4, -0.2) is 25.6 Å². The topological polar surface area (TPSA) is 66.6 Å². The van der Waals surface area contributed by atoms with Crippen molar-refractivity contribution in [2.75, 3.05) is 20.5 Å². The molecule has 0 aliphatic rings. The van der Waals surface area contributed by atoms with Gasteiger partial charge in [-0.1, -0.05) is 11.8 Å². The number of rotatable bonds is 3. The first-order valence-corrected chi connectivity index (χ1v) is 6.39. The van der Waals surface area contributed by atoms with Gasteiger partial charge in [-0.3, -0.25) is 5.32 Å². The Morgan fingerprint density at radius 2 is 1.94 bits per heavy atom. The van der Waals surface area contributed by atoms with Gasteiger partial charge in [0.1, 0.15) is 0 Å². The number of thioether (sulfide) groups is 1. The molecule has 0 aliphatic carbocycles. The van der Waals surface area contributed by atoms with Gasteiger partial charge in [0.25, 0.3) is 0 Å². The largest absolute Gasteiger partial charge is 0.493 e. The highest BCUT2D eigenvalue weighted by molar-refractivity contribution is 8.13. The first-order chi connectivity index (χ1) is 8.65. The highest BCUT2D eigenvalue weighted by atomic mass is 32.2. The summed E-state index contributed by atoms with van der Waals surface area (Å²) in [4.78, 5) is 4.36. The molecular weight excluding hydrogens is 250 g/mol. The summed E-state index contributed by atoms with van der Waals surface area (Å²) in [5, 5.41) is 11.7. The van der Waals surface area contributed by atoms with Crippen molar-refractivity contribution in [2.45, 2.75) is 6.92 Å². The molecule has 1 aromatic rings. The number of amidine groups is 1. The second-order valence-corrected chi connectivity index (χ2v) is 4.15. The molecule has 0 amide bonds. The van der Waals surface area contributed by atoms with E-state index in [2.05, 4.69) is 10.3 Å². The van der Waals surface area contributed by atoms with Crippen LogP contribution >= 0.6 is 11.8 Å². The number of nitrogens with one attached hydrogen (secondary N) is 1. The lowest BCUT2D eigenvalue weighted by Gasteiger charge is -2.10. The van der Waals surface area contributed by atoms with Crippen molar-refractivity contribution in [1.82, 2.24) is 5.32 Å². The lowest BCUT2D eigenvalue weighted by atomic mass is 10.2. The van der Waals surface area contributed by atoms with Crippen LogP contribution in [0.4, 0.5) is 5.69 Å². The van der Waals surface area contributed by atoms with E-state index in [1.54, 1.807) is 20.3 Å². The number of nitriles is 1. The average molecular weight is 265 g/mol. The van der Waals surface area contributed by atoms with Crippen LogP contribution in [0.2, 0.25) is 0 Å². The minimum atomic E-state index is 0.535. The van der Waals surface area contributed by atoms with E-state index < -0.39 is 0 Å². The van der Waals surface area contributed by atoms with Crippen LogP contribution in [0.15, 0.2) is 17.1 Å². The Morgan fingerprint density at radius 1 is 1.33 bits per heavy atom. The third kappa shape index (κ3) is 3.31. The molecule has 0 saturated heterocycles. The van der Waals surface area contributed by atoms with Crippen LogP contribution in [0.25, 0.3) is 0 Å². The van der Waals surface area contributed by atoms with Crippen molar-refractivity contribution < 1.29 is 9.47 Å². The molecule has 6 heteroatoms. The van der Waals surface area contributed by atoms with Gasteiger partial charge in [-0.2, -0.15) is 5.26 Å². The molecule has 96 valence electrons. The van der Waals surface area contributed by atoms with Gasteiger partial charge in [-0.15, -0.1) is 0 Å². The molecule has 0 unspecified atom stereocenters. The molecular formula is C12H15N3O2S. The minimum absolute atomic E-state index is 0.535. The number of ether oxygens (including phenoxy) is 2. The summed E-state index contributed by atoms with van der Waals surface area (Å²) < 4.78 is 10.4. The van der Waals surface area contributed by atoms with Gasteiger partial charge in [0.2, 0.25) is 0 Å². The van der Waals surface area contributed by atoms with E-state index >= 15 is 0 Å². The van der Waals surface area contributed by atoms with Crippen LogP contribution < -0.4 is 14.8 Å². The maximum atomic E-state index is 8.60. The zero-order chi connectivity index (χ0) is 13.5. The van der Waals surface area contributed by atoms with Crippen molar-refractivity contribution in [3.8, 4) is 17.7 Å². The zero-order valence-electron chi connectivity index (χ0n) is 10.8. The molecule has 0 saturated carbocycles. The third-order valence-electron chi connectivity index (χ3n) is 2.28. The van der Waals surface area contributed by atoms with Crippen LogP contribution in [-0.2, 0) is 0 Å². The van der Waals surface area contributed by atoms with Crippen molar-refractivity contribution in [3.05, 3.63) is 17.7 Å². The second-order valence-electron chi connectivity index (χ2n) is 3.35. The van der Waals surface area contributed by atoms with E-state index in [4.69, 9.17) is 14.7 Å². The first-order valence-electron chi connectivity index (χ1n) is 5.16. The smallest absolute Gasteiger partial charge is 0.183 e. The summed E-state index contributed by atoms with van der Waals surface area (Å²) >= 11 is 1.37. The molecule has 0 fully saturated rings. The monoisotopic (exact) mass is 265 g/mol. The number of aliphatic imine (C=N–C) groups is 1. The average Bonchev–Trinajstić information content (AvgIpc) is 2.39. The predicted molar refractivity (Wildman–Crippen MR) is 73.6 cm³/mol. The van der Waals surface area contributed by atoms with Crippen molar-refractivity contribution in [3.63, 3.8) is 0 Å². The fourth-order valence-corrected chi connectivity index (χ4v) is 1.71. The first kappa shape index (κ1) is 14.2. The van der Waals surface area contributed by atoms with E-state index in [9.17, 15) is 0 Å². The van der Waals surface area contributed by atoms with Gasteiger partial charge in [0, 0.05) is 6.07 Å². The Balaban J connectivity index is 3.21. The number of hydrogen-bond acceptors (Lipinski definition) is 5. The molecule has 0 aromatic heterocycles. The van der Waals surface area contributed by atoms with E-state index in [1.807, 2.05) is 25.4 Å². The van der Waals surface area contributed by atoms with Crippen LogP contribution in [0.1, 0.15) is 5.56 Å². The Morgan fingerprint density at radius 3 is 2.44 bits per heavy atom. The molecule has 1 rings (SSSR count). The SMILES string of the molecule is COc1cc(C)c(N=C(NC#N)SC)cc1OC. The molecule has 0 bridgehead atoms. The number of aryl methyl sites for hydroxylation is 1. The van der Waals surface area contributed by atoms with E-state index in [1.165, 1.54) is 11.8 Å². The molecule has 0 radical (unpaired) electrons. The molecule has 5 nitrogen and oxygen atoms in total. The summed E-state index contributed by atoms with van der Waals surface area (Å²) in [7, 11) is 3.16. The maximum absolute atomic E-state index is 8.60. The fraction of sp³-hybridized carbons (Fsp3) is 0.333. The second kappa shape index (κ2) is 6.77. The Hall–Kier alpha value is -1.87. The highest BCUT2D eigenvalue weighted by Crippen LogP contribution is 2.34. The van der Waals surface area contributed by atoms with Crippen molar-refractivity contribution in [1.29, 1.82) is 5.26 Å². The van der Waals surface area contributed by atoms with Crippen LogP contribution in [0.5, 0.6) is 11.5 Å². The molecule has 0 atom stereocenters. The number of methoxy groups -OCH3 is 2. The van der Waals surface area contributed by atoms with Gasteiger partial charge in [0.15, 0.2) is 22.9 Å². The minimum Gasteiger partial charge on any atom is -0.493 e. The summed E-state index contributed by atoms with van der Waals surface area (Å²) in [6, 6.07) is 3.63. The quantitative estimate of drug-likeness (QED) is 0.393. The molecule has 0 aliphatic heterocycles. The van der Waals surface area contributed by atoms with Crippen molar-refractivity contribution >= 4 is 22.6 Å².